The van der Waals surface area contributed by atoms with Gasteiger partial charge in [0.25, 0.3) is 0 Å². The van der Waals surface area contributed by atoms with Crippen LogP contribution in [0.4, 0.5) is 0 Å². The van der Waals surface area contributed by atoms with E-state index in [0.29, 0.717) is 6.61 Å². The quantitative estimate of drug-likeness (QED) is 0.778. The lowest BCUT2D eigenvalue weighted by Gasteiger charge is -2.36. The van der Waals surface area contributed by atoms with Crippen molar-refractivity contribution in [3.8, 4) is 0 Å². The van der Waals surface area contributed by atoms with Gasteiger partial charge in [-0.1, -0.05) is 25.8 Å². The van der Waals surface area contributed by atoms with Crippen molar-refractivity contribution in [3.05, 3.63) is 30.1 Å². The maximum absolute atomic E-state index is 12.4. The Labute approximate surface area is 126 Å². The molecule has 1 N–H and O–H groups in total. The summed E-state index contributed by atoms with van der Waals surface area (Å²) in [4.78, 5) is 18.4. The first-order chi connectivity index (χ1) is 10.3. The van der Waals surface area contributed by atoms with Crippen molar-refractivity contribution in [3.63, 3.8) is 0 Å². The molecule has 1 unspecified atom stereocenters. The maximum atomic E-state index is 12.4. The molecule has 1 fully saturated rings. The van der Waals surface area contributed by atoms with Crippen LogP contribution in [0.5, 0.6) is 0 Å². The molecule has 2 rings (SSSR count). The molecule has 0 radical (unpaired) electrons. The van der Waals surface area contributed by atoms with Crippen molar-refractivity contribution < 1.29 is 9.53 Å². The highest BCUT2D eigenvalue weighted by Gasteiger charge is 2.27. The van der Waals surface area contributed by atoms with Gasteiger partial charge < -0.3 is 15.0 Å². The normalized spacial score (nSPS) is 18.7. The number of ether oxygens (including phenoxy) is 1. The highest BCUT2D eigenvalue weighted by atomic mass is 16.5. The molecule has 0 bridgehead atoms. The Hall–Kier alpha value is -1.46. The molecule has 1 saturated heterocycles. The molecule has 1 aromatic heterocycles. The summed E-state index contributed by atoms with van der Waals surface area (Å²) in [5, 5.41) is 3.34. The van der Waals surface area contributed by atoms with E-state index in [4.69, 9.17) is 4.74 Å². The van der Waals surface area contributed by atoms with Gasteiger partial charge in [-0.3, -0.25) is 9.78 Å². The second kappa shape index (κ2) is 8.74. The lowest BCUT2D eigenvalue weighted by atomic mass is 10.1. The molecule has 0 saturated carbocycles. The van der Waals surface area contributed by atoms with E-state index in [9.17, 15) is 4.79 Å². The minimum atomic E-state index is 0.0548. The summed E-state index contributed by atoms with van der Waals surface area (Å²) in [6.45, 7) is 5.33. The third-order valence-corrected chi connectivity index (χ3v) is 3.75. The van der Waals surface area contributed by atoms with Gasteiger partial charge in [-0.2, -0.15) is 0 Å². The third-order valence-electron chi connectivity index (χ3n) is 3.75. The number of carbonyl (C=O) groups excluding carboxylic acids is 1. The van der Waals surface area contributed by atoms with E-state index in [0.717, 1.165) is 44.5 Å². The fraction of sp³-hybridized carbons (Fsp3) is 0.625. The average Bonchev–Trinajstić information content (AvgIpc) is 2.55. The van der Waals surface area contributed by atoms with Crippen molar-refractivity contribution >= 4 is 5.91 Å². The highest BCUT2D eigenvalue weighted by molar-refractivity contribution is 5.78. The Morgan fingerprint density at radius 2 is 2.43 bits per heavy atom. The van der Waals surface area contributed by atoms with Gasteiger partial charge in [-0.15, -0.1) is 0 Å². The Morgan fingerprint density at radius 1 is 1.52 bits per heavy atom. The van der Waals surface area contributed by atoms with Crippen LogP contribution in [-0.2, 0) is 9.53 Å². The van der Waals surface area contributed by atoms with Crippen molar-refractivity contribution in [1.29, 1.82) is 0 Å². The van der Waals surface area contributed by atoms with Gasteiger partial charge >= 0.3 is 0 Å². The van der Waals surface area contributed by atoms with Crippen molar-refractivity contribution in [1.82, 2.24) is 15.2 Å². The zero-order valence-corrected chi connectivity index (χ0v) is 12.8. The van der Waals surface area contributed by atoms with Crippen LogP contribution in [-0.4, -0.2) is 48.6 Å². The van der Waals surface area contributed by atoms with Gasteiger partial charge in [0.2, 0.25) is 5.91 Å². The molecule has 1 aromatic rings. The molecule has 5 nitrogen and oxygen atoms in total. The fourth-order valence-electron chi connectivity index (χ4n) is 2.57. The Morgan fingerprint density at radius 3 is 3.19 bits per heavy atom. The van der Waals surface area contributed by atoms with Crippen LogP contribution in [0.1, 0.15) is 37.8 Å². The average molecular weight is 291 g/mol. The van der Waals surface area contributed by atoms with E-state index in [1.54, 1.807) is 6.20 Å². The second-order valence-electron chi connectivity index (χ2n) is 5.35. The second-order valence-corrected chi connectivity index (χ2v) is 5.35. The molecular formula is C16H25N3O2. The van der Waals surface area contributed by atoms with Crippen LogP contribution in [0.3, 0.4) is 0 Å². The zero-order chi connectivity index (χ0) is 14.9. The minimum absolute atomic E-state index is 0.0548. The summed E-state index contributed by atoms with van der Waals surface area (Å²) in [6.07, 6.45) is 6.93. The topological polar surface area (TPSA) is 54.5 Å². The van der Waals surface area contributed by atoms with Crippen molar-refractivity contribution in [2.24, 2.45) is 0 Å². The number of unbranched alkanes of at least 4 members (excludes halogenated alkanes) is 2. The minimum Gasteiger partial charge on any atom is -0.372 e. The largest absolute Gasteiger partial charge is 0.372 e. The summed E-state index contributed by atoms with van der Waals surface area (Å²) >= 11 is 0. The van der Waals surface area contributed by atoms with Gasteiger partial charge in [0, 0.05) is 38.6 Å². The maximum Gasteiger partial charge on any atom is 0.249 e. The summed E-state index contributed by atoms with van der Waals surface area (Å²) in [5.41, 5.74) is 1.07. The molecule has 21 heavy (non-hydrogen) atoms. The van der Waals surface area contributed by atoms with Gasteiger partial charge in [0.05, 0.1) is 6.04 Å². The van der Waals surface area contributed by atoms with Crippen molar-refractivity contribution in [2.75, 3.05) is 32.8 Å². The molecule has 2 heterocycles. The molecule has 116 valence electrons. The molecule has 5 heteroatoms. The fourth-order valence-corrected chi connectivity index (χ4v) is 2.57. The molecule has 0 aromatic carbocycles. The number of pyridine rings is 1. The number of carbonyl (C=O) groups is 1. The number of nitrogens with one attached hydrogen (secondary N) is 1. The van der Waals surface area contributed by atoms with Crippen LogP contribution in [0.15, 0.2) is 24.5 Å². The van der Waals surface area contributed by atoms with Crippen molar-refractivity contribution in [2.45, 2.75) is 32.2 Å². The predicted molar refractivity (Wildman–Crippen MR) is 81.9 cm³/mol. The molecule has 0 spiro atoms. The van der Waals surface area contributed by atoms with Gasteiger partial charge in [0.15, 0.2) is 0 Å². The number of hydrogen-bond acceptors (Lipinski definition) is 4. The zero-order valence-electron chi connectivity index (χ0n) is 12.8. The number of amides is 1. The lowest BCUT2D eigenvalue weighted by Crippen LogP contribution is -2.49. The van der Waals surface area contributed by atoms with E-state index < -0.39 is 0 Å². The van der Waals surface area contributed by atoms with E-state index in [1.807, 2.05) is 23.2 Å². The van der Waals surface area contributed by atoms with Crippen LogP contribution < -0.4 is 5.32 Å². The first kappa shape index (κ1) is 15.9. The van der Waals surface area contributed by atoms with Crippen LogP contribution in [0, 0.1) is 0 Å². The van der Waals surface area contributed by atoms with Crippen LogP contribution in [0.2, 0.25) is 0 Å². The Bertz CT molecular complexity index is 425. The van der Waals surface area contributed by atoms with E-state index >= 15 is 0 Å². The predicted octanol–water partition coefficient (Wildman–Crippen LogP) is 1.76. The van der Waals surface area contributed by atoms with Gasteiger partial charge in [-0.25, -0.2) is 0 Å². The molecular weight excluding hydrogens is 266 g/mol. The van der Waals surface area contributed by atoms with Gasteiger partial charge in [-0.05, 0) is 18.1 Å². The number of aromatic nitrogens is 1. The van der Waals surface area contributed by atoms with Gasteiger partial charge in [0.1, 0.15) is 6.61 Å². The lowest BCUT2D eigenvalue weighted by molar-refractivity contribution is -0.139. The van der Waals surface area contributed by atoms with E-state index in [-0.39, 0.29) is 18.6 Å². The number of piperazine rings is 1. The van der Waals surface area contributed by atoms with Crippen LogP contribution in [0.25, 0.3) is 0 Å². The molecule has 1 amide bonds. The van der Waals surface area contributed by atoms with E-state index in [1.165, 1.54) is 0 Å². The standard InChI is InChI=1S/C16H25N3O2/c1-2-3-4-10-21-13-16(20)19-9-8-18-12-15(19)14-6-5-7-17-11-14/h5-7,11,15,18H,2-4,8-10,12-13H2,1H3. The molecule has 1 aliphatic heterocycles. The van der Waals surface area contributed by atoms with Crippen LogP contribution >= 0.6 is 0 Å². The van der Waals surface area contributed by atoms with E-state index in [2.05, 4.69) is 17.2 Å². The molecule has 1 aliphatic rings. The summed E-state index contributed by atoms with van der Waals surface area (Å²) in [7, 11) is 0. The summed E-state index contributed by atoms with van der Waals surface area (Å²) in [6, 6.07) is 3.99. The number of hydrogen-bond donors (Lipinski definition) is 1. The smallest absolute Gasteiger partial charge is 0.249 e. The Kier molecular flexibility index (Phi) is 6.63. The molecule has 1 atom stereocenters. The summed E-state index contributed by atoms with van der Waals surface area (Å²) < 4.78 is 5.51. The first-order valence-electron chi connectivity index (χ1n) is 7.80. The third kappa shape index (κ3) is 4.79. The SMILES string of the molecule is CCCCCOCC(=O)N1CCNCC1c1cccnc1. The first-order valence-corrected chi connectivity index (χ1v) is 7.80. The molecule has 0 aliphatic carbocycles. The highest BCUT2D eigenvalue weighted by Crippen LogP contribution is 2.21. The monoisotopic (exact) mass is 291 g/mol. The Balaban J connectivity index is 1.88. The number of rotatable bonds is 7. The number of nitrogens with zero attached hydrogens (tertiary/aromatic N) is 2. The summed E-state index contributed by atoms with van der Waals surface area (Å²) in [5.74, 6) is 0.0712.